The van der Waals surface area contributed by atoms with Gasteiger partial charge in [0.05, 0.1) is 5.69 Å². The molecular formula is C20H20F2N6O2S. The Hall–Kier alpha value is -3.34. The Labute approximate surface area is 178 Å². The van der Waals surface area contributed by atoms with Crippen molar-refractivity contribution in [2.45, 2.75) is 11.8 Å². The fourth-order valence-corrected chi connectivity index (χ4v) is 4.27. The molecule has 3 heterocycles. The molecule has 3 aromatic rings. The summed E-state index contributed by atoms with van der Waals surface area (Å²) < 4.78 is 53.6. The van der Waals surface area contributed by atoms with Crippen LogP contribution in [-0.2, 0) is 10.0 Å². The molecule has 8 nitrogen and oxygen atoms in total. The van der Waals surface area contributed by atoms with Crippen molar-refractivity contribution in [2.75, 3.05) is 40.7 Å². The van der Waals surface area contributed by atoms with Crippen LogP contribution in [0.25, 0.3) is 0 Å². The molecule has 1 aliphatic heterocycles. The molecule has 0 bridgehead atoms. The van der Waals surface area contributed by atoms with Crippen molar-refractivity contribution in [3.05, 3.63) is 66.3 Å². The van der Waals surface area contributed by atoms with Crippen LogP contribution in [0.15, 0.2) is 53.7 Å². The average molecular weight is 446 g/mol. The van der Waals surface area contributed by atoms with E-state index in [1.54, 1.807) is 12.3 Å². The lowest BCUT2D eigenvalue weighted by Crippen LogP contribution is -2.47. The second kappa shape index (κ2) is 8.42. The van der Waals surface area contributed by atoms with Crippen LogP contribution < -0.4 is 14.5 Å². The minimum atomic E-state index is -3.98. The van der Waals surface area contributed by atoms with E-state index in [9.17, 15) is 17.2 Å². The fraction of sp³-hybridized carbons (Fsp3) is 0.250. The number of benzene rings is 1. The summed E-state index contributed by atoms with van der Waals surface area (Å²) in [6, 6.07) is 7.73. The number of nitrogens with one attached hydrogen (secondary N) is 1. The highest BCUT2D eigenvalue weighted by atomic mass is 32.2. The van der Waals surface area contributed by atoms with Gasteiger partial charge in [-0.25, -0.2) is 32.2 Å². The number of nitrogens with zero attached hydrogens (tertiary/aromatic N) is 5. The molecule has 0 amide bonds. The van der Waals surface area contributed by atoms with E-state index in [-0.39, 0.29) is 10.6 Å². The number of rotatable bonds is 5. The van der Waals surface area contributed by atoms with Crippen LogP contribution in [-0.4, -0.2) is 49.5 Å². The number of aryl methyl sites for hydroxylation is 1. The van der Waals surface area contributed by atoms with Gasteiger partial charge in [-0.15, -0.1) is 0 Å². The van der Waals surface area contributed by atoms with E-state index in [4.69, 9.17) is 0 Å². The average Bonchev–Trinajstić information content (AvgIpc) is 2.76. The van der Waals surface area contributed by atoms with Gasteiger partial charge in [0.25, 0.3) is 10.0 Å². The molecule has 11 heteroatoms. The molecule has 1 saturated heterocycles. The Morgan fingerprint density at radius 3 is 2.23 bits per heavy atom. The zero-order chi connectivity index (χ0) is 22.0. The first-order valence-electron chi connectivity index (χ1n) is 9.55. The predicted octanol–water partition coefficient (Wildman–Crippen LogP) is 2.59. The SMILES string of the molecule is Cc1nccc(N2CCN(c3ccc(S(=O)(=O)Nc4ccc(F)c(F)c4)cn3)CC2)n1. The van der Waals surface area contributed by atoms with Crippen LogP contribution >= 0.6 is 0 Å². The highest BCUT2D eigenvalue weighted by molar-refractivity contribution is 7.92. The van der Waals surface area contributed by atoms with Gasteiger partial charge in [0.15, 0.2) is 11.6 Å². The summed E-state index contributed by atoms with van der Waals surface area (Å²) in [6.07, 6.45) is 2.98. The lowest BCUT2D eigenvalue weighted by molar-refractivity contribution is 0.509. The monoisotopic (exact) mass is 446 g/mol. The van der Waals surface area contributed by atoms with Crippen LogP contribution in [0.1, 0.15) is 5.82 Å². The Balaban J connectivity index is 1.41. The number of sulfonamides is 1. The van der Waals surface area contributed by atoms with Gasteiger partial charge in [-0.05, 0) is 37.3 Å². The summed E-state index contributed by atoms with van der Waals surface area (Å²) in [5, 5.41) is 0. The number of anilines is 3. The van der Waals surface area contributed by atoms with Crippen molar-refractivity contribution >= 4 is 27.3 Å². The molecule has 0 unspecified atom stereocenters. The minimum absolute atomic E-state index is 0.0703. The highest BCUT2D eigenvalue weighted by Gasteiger charge is 2.21. The van der Waals surface area contributed by atoms with Crippen LogP contribution in [0.3, 0.4) is 0 Å². The minimum Gasteiger partial charge on any atom is -0.353 e. The van der Waals surface area contributed by atoms with E-state index in [1.165, 1.54) is 12.3 Å². The van der Waals surface area contributed by atoms with Crippen molar-refractivity contribution in [1.29, 1.82) is 0 Å². The first kappa shape index (κ1) is 20.9. The Morgan fingerprint density at radius 1 is 0.903 bits per heavy atom. The smallest absolute Gasteiger partial charge is 0.263 e. The van der Waals surface area contributed by atoms with Gasteiger partial charge < -0.3 is 9.80 Å². The molecule has 1 aromatic carbocycles. The maximum Gasteiger partial charge on any atom is 0.263 e. The molecule has 0 radical (unpaired) electrons. The molecule has 0 spiro atoms. The summed E-state index contributed by atoms with van der Waals surface area (Å²) in [4.78, 5) is 17.0. The van der Waals surface area contributed by atoms with Gasteiger partial charge >= 0.3 is 0 Å². The van der Waals surface area contributed by atoms with Crippen LogP contribution in [0.5, 0.6) is 0 Å². The molecular weight excluding hydrogens is 426 g/mol. The van der Waals surface area contributed by atoms with Crippen LogP contribution in [0.2, 0.25) is 0 Å². The second-order valence-electron chi connectivity index (χ2n) is 7.02. The third-order valence-corrected chi connectivity index (χ3v) is 6.26. The number of halogens is 2. The Kier molecular flexibility index (Phi) is 5.68. The molecule has 31 heavy (non-hydrogen) atoms. The van der Waals surface area contributed by atoms with Crippen LogP contribution in [0.4, 0.5) is 26.1 Å². The summed E-state index contributed by atoms with van der Waals surface area (Å²) in [7, 11) is -3.98. The maximum atomic E-state index is 13.3. The maximum absolute atomic E-state index is 13.3. The zero-order valence-electron chi connectivity index (χ0n) is 16.7. The summed E-state index contributed by atoms with van der Waals surface area (Å²) >= 11 is 0. The standard InChI is InChI=1S/C20H20F2N6O2S/c1-14-23-7-6-20(25-14)28-10-8-27(9-11-28)19-5-3-16(13-24-19)31(29,30)26-15-2-4-17(21)18(22)12-15/h2-7,12-13,26H,8-11H2,1H3. The Bertz CT molecular complexity index is 1180. The van der Waals surface area contributed by atoms with E-state index in [2.05, 4.69) is 29.5 Å². The summed E-state index contributed by atoms with van der Waals surface area (Å²) in [6.45, 7) is 4.75. The first-order valence-corrected chi connectivity index (χ1v) is 11.0. The van der Waals surface area contributed by atoms with Crippen LogP contribution in [0, 0.1) is 18.6 Å². The molecule has 1 aliphatic rings. The fourth-order valence-electron chi connectivity index (χ4n) is 3.28. The van der Waals surface area contributed by atoms with E-state index in [0.717, 1.165) is 42.9 Å². The predicted molar refractivity (Wildman–Crippen MR) is 113 cm³/mol. The van der Waals surface area contributed by atoms with Gasteiger partial charge in [-0.1, -0.05) is 0 Å². The van der Waals surface area contributed by atoms with Gasteiger partial charge in [-0.2, -0.15) is 0 Å². The molecule has 0 atom stereocenters. The van der Waals surface area contributed by atoms with Crippen molar-refractivity contribution in [3.8, 4) is 0 Å². The Morgan fingerprint density at radius 2 is 1.61 bits per heavy atom. The van der Waals surface area contributed by atoms with E-state index < -0.39 is 21.7 Å². The second-order valence-corrected chi connectivity index (χ2v) is 8.71. The van der Waals surface area contributed by atoms with Crippen molar-refractivity contribution < 1.29 is 17.2 Å². The molecule has 4 rings (SSSR count). The third kappa shape index (κ3) is 4.71. The first-order chi connectivity index (χ1) is 14.8. The highest BCUT2D eigenvalue weighted by Crippen LogP contribution is 2.21. The number of piperazine rings is 1. The summed E-state index contributed by atoms with van der Waals surface area (Å²) in [5.74, 6) is 0.0689. The molecule has 1 fully saturated rings. The summed E-state index contributed by atoms with van der Waals surface area (Å²) in [5.41, 5.74) is -0.0703. The van der Waals surface area contributed by atoms with E-state index in [1.807, 2.05) is 13.0 Å². The molecule has 1 N–H and O–H groups in total. The van der Waals surface area contributed by atoms with Crippen molar-refractivity contribution in [2.24, 2.45) is 0 Å². The third-order valence-electron chi connectivity index (χ3n) is 4.89. The van der Waals surface area contributed by atoms with Gasteiger partial charge in [-0.3, -0.25) is 4.72 Å². The van der Waals surface area contributed by atoms with Gasteiger partial charge in [0.2, 0.25) is 0 Å². The van der Waals surface area contributed by atoms with Crippen molar-refractivity contribution in [1.82, 2.24) is 15.0 Å². The molecule has 0 saturated carbocycles. The largest absolute Gasteiger partial charge is 0.353 e. The van der Waals surface area contributed by atoms with Gasteiger partial charge in [0, 0.05) is 44.6 Å². The normalized spacial score (nSPS) is 14.5. The lowest BCUT2D eigenvalue weighted by Gasteiger charge is -2.36. The van der Waals surface area contributed by atoms with E-state index in [0.29, 0.717) is 18.9 Å². The van der Waals surface area contributed by atoms with E-state index >= 15 is 0 Å². The number of pyridine rings is 1. The number of hydrogen-bond acceptors (Lipinski definition) is 7. The van der Waals surface area contributed by atoms with Gasteiger partial charge in [0.1, 0.15) is 22.4 Å². The quantitative estimate of drug-likeness (QED) is 0.644. The van der Waals surface area contributed by atoms with Crippen molar-refractivity contribution in [3.63, 3.8) is 0 Å². The zero-order valence-corrected chi connectivity index (χ0v) is 17.5. The molecule has 162 valence electrons. The molecule has 0 aliphatic carbocycles. The topological polar surface area (TPSA) is 91.3 Å². The number of hydrogen-bond donors (Lipinski definition) is 1. The lowest BCUT2D eigenvalue weighted by atomic mass is 10.3. The molecule has 2 aromatic heterocycles. The number of aromatic nitrogens is 3.